The van der Waals surface area contributed by atoms with Gasteiger partial charge in [0.2, 0.25) is 0 Å². The molecular weight excluding hydrogens is 410 g/mol. The van der Waals surface area contributed by atoms with Gasteiger partial charge in [0.15, 0.2) is 0 Å². The molecule has 2 N–H and O–H groups in total. The minimum absolute atomic E-state index is 0.116. The quantitative estimate of drug-likeness (QED) is 0.546. The highest BCUT2D eigenvalue weighted by atomic mass is 32.2. The molecule has 150 valence electrons. The number of thiocarbonyl (C=S) groups is 1. The van der Waals surface area contributed by atoms with E-state index in [0.717, 1.165) is 12.8 Å². The fourth-order valence-electron chi connectivity index (χ4n) is 3.80. The molecule has 1 amide bonds. The molecule has 1 saturated carbocycles. The van der Waals surface area contributed by atoms with Crippen LogP contribution in [0.1, 0.15) is 31.4 Å². The summed E-state index contributed by atoms with van der Waals surface area (Å²) in [6.45, 7) is 0. The lowest BCUT2D eigenvalue weighted by atomic mass is 9.85. The van der Waals surface area contributed by atoms with E-state index in [9.17, 15) is 19.8 Å². The molecule has 29 heavy (non-hydrogen) atoms. The number of hydrogen-bond acceptors (Lipinski definition) is 6. The molecule has 4 rings (SSSR count). The van der Waals surface area contributed by atoms with E-state index < -0.39 is 11.9 Å². The van der Waals surface area contributed by atoms with Crippen LogP contribution >= 0.6 is 24.0 Å². The first-order chi connectivity index (χ1) is 13.9. The Balaban J connectivity index is 1.54. The first-order valence-electron chi connectivity index (χ1n) is 9.32. The van der Waals surface area contributed by atoms with Gasteiger partial charge in [0.25, 0.3) is 5.91 Å². The SMILES string of the molecule is O=C(O)C1CCCC(N2C(=O)/C(=C\c3ccc(-c4ccccc4O)o3)SC2=S)C1. The second-order valence-electron chi connectivity index (χ2n) is 7.13. The van der Waals surface area contributed by atoms with Gasteiger partial charge in [-0.3, -0.25) is 14.5 Å². The number of furan rings is 1. The molecule has 6 nitrogen and oxygen atoms in total. The molecule has 2 aliphatic rings. The summed E-state index contributed by atoms with van der Waals surface area (Å²) in [5.41, 5.74) is 0.571. The molecule has 8 heteroatoms. The number of carboxylic acids is 1. The predicted molar refractivity (Wildman–Crippen MR) is 114 cm³/mol. The van der Waals surface area contributed by atoms with Crippen molar-refractivity contribution in [1.29, 1.82) is 0 Å². The van der Waals surface area contributed by atoms with Crippen molar-refractivity contribution < 1.29 is 24.2 Å². The van der Waals surface area contributed by atoms with Crippen LogP contribution in [-0.2, 0) is 9.59 Å². The lowest BCUT2D eigenvalue weighted by Gasteiger charge is -2.32. The Morgan fingerprint density at radius 3 is 2.79 bits per heavy atom. The second-order valence-corrected chi connectivity index (χ2v) is 8.80. The summed E-state index contributed by atoms with van der Waals surface area (Å²) in [6.07, 6.45) is 4.22. The highest BCUT2D eigenvalue weighted by Gasteiger charge is 2.40. The molecule has 1 aliphatic carbocycles. The number of nitrogens with zero attached hydrogens (tertiary/aromatic N) is 1. The van der Waals surface area contributed by atoms with Crippen LogP contribution in [0.2, 0.25) is 0 Å². The van der Waals surface area contributed by atoms with Crippen molar-refractivity contribution in [3.05, 3.63) is 47.1 Å². The van der Waals surface area contributed by atoms with Crippen LogP contribution in [0.5, 0.6) is 5.75 Å². The fraction of sp³-hybridized carbons (Fsp3) is 0.286. The Morgan fingerprint density at radius 1 is 1.24 bits per heavy atom. The number of carbonyl (C=O) groups is 2. The molecule has 1 aromatic heterocycles. The van der Waals surface area contributed by atoms with E-state index in [1.807, 2.05) is 0 Å². The zero-order valence-electron chi connectivity index (χ0n) is 15.4. The van der Waals surface area contributed by atoms with Crippen molar-refractivity contribution in [2.75, 3.05) is 0 Å². The van der Waals surface area contributed by atoms with Crippen molar-refractivity contribution in [2.24, 2.45) is 5.92 Å². The number of para-hydroxylation sites is 1. The maximum Gasteiger partial charge on any atom is 0.306 e. The summed E-state index contributed by atoms with van der Waals surface area (Å²) in [6, 6.07) is 10.1. The largest absolute Gasteiger partial charge is 0.507 e. The van der Waals surface area contributed by atoms with Crippen LogP contribution in [0.4, 0.5) is 0 Å². The van der Waals surface area contributed by atoms with Crippen molar-refractivity contribution >= 4 is 46.3 Å². The lowest BCUT2D eigenvalue weighted by Crippen LogP contribution is -2.42. The molecule has 0 spiro atoms. The molecular formula is C21H19NO5S2. The van der Waals surface area contributed by atoms with E-state index in [0.29, 0.717) is 39.2 Å². The van der Waals surface area contributed by atoms with E-state index in [4.69, 9.17) is 16.6 Å². The summed E-state index contributed by atoms with van der Waals surface area (Å²) < 4.78 is 6.23. The van der Waals surface area contributed by atoms with Crippen molar-refractivity contribution in [3.8, 4) is 17.1 Å². The van der Waals surface area contributed by atoms with E-state index in [1.54, 1.807) is 47.4 Å². The summed E-state index contributed by atoms with van der Waals surface area (Å²) in [5.74, 6) is -0.365. The number of thioether (sulfide) groups is 1. The molecule has 2 aromatic rings. The van der Waals surface area contributed by atoms with Crippen LogP contribution in [0, 0.1) is 5.92 Å². The van der Waals surface area contributed by atoms with Crippen molar-refractivity contribution in [2.45, 2.75) is 31.7 Å². The monoisotopic (exact) mass is 429 g/mol. The maximum atomic E-state index is 12.9. The summed E-state index contributed by atoms with van der Waals surface area (Å²) in [4.78, 5) is 26.3. The van der Waals surface area contributed by atoms with Gasteiger partial charge >= 0.3 is 5.97 Å². The zero-order chi connectivity index (χ0) is 20.5. The minimum Gasteiger partial charge on any atom is -0.507 e. The average Bonchev–Trinajstić information content (AvgIpc) is 3.27. The van der Waals surface area contributed by atoms with Crippen LogP contribution < -0.4 is 0 Å². The average molecular weight is 430 g/mol. The number of phenols is 1. The fourth-order valence-corrected chi connectivity index (χ4v) is 5.18. The van der Waals surface area contributed by atoms with Gasteiger partial charge < -0.3 is 14.6 Å². The maximum absolute atomic E-state index is 12.9. The number of aliphatic carboxylic acids is 1. The third-order valence-electron chi connectivity index (χ3n) is 5.25. The number of phenolic OH excluding ortho intramolecular Hbond substituents is 1. The number of aromatic hydroxyl groups is 1. The Hall–Kier alpha value is -2.58. The molecule has 0 radical (unpaired) electrons. The zero-order valence-corrected chi connectivity index (χ0v) is 17.0. The lowest BCUT2D eigenvalue weighted by molar-refractivity contribution is -0.144. The van der Waals surface area contributed by atoms with E-state index in [2.05, 4.69) is 0 Å². The van der Waals surface area contributed by atoms with Crippen LogP contribution in [0.25, 0.3) is 17.4 Å². The molecule has 2 atom stereocenters. The predicted octanol–water partition coefficient (Wildman–Crippen LogP) is 4.50. The molecule has 2 unspecified atom stereocenters. The first-order valence-corrected chi connectivity index (χ1v) is 10.5. The van der Waals surface area contributed by atoms with Gasteiger partial charge in [0.05, 0.1) is 16.4 Å². The Kier molecular flexibility index (Phi) is 5.47. The molecule has 0 bridgehead atoms. The van der Waals surface area contributed by atoms with Gasteiger partial charge in [-0.2, -0.15) is 0 Å². The van der Waals surface area contributed by atoms with Crippen molar-refractivity contribution in [1.82, 2.24) is 4.90 Å². The Morgan fingerprint density at radius 2 is 2.03 bits per heavy atom. The van der Waals surface area contributed by atoms with Crippen LogP contribution in [-0.4, -0.2) is 37.4 Å². The molecule has 1 saturated heterocycles. The number of benzene rings is 1. The highest BCUT2D eigenvalue weighted by Crippen LogP contribution is 2.39. The topological polar surface area (TPSA) is 91.0 Å². The third-order valence-corrected chi connectivity index (χ3v) is 6.58. The van der Waals surface area contributed by atoms with E-state index in [-0.39, 0.29) is 17.7 Å². The first kappa shape index (κ1) is 19.7. The number of hydrogen-bond donors (Lipinski definition) is 2. The molecule has 2 heterocycles. The van der Waals surface area contributed by atoms with Gasteiger partial charge in [0, 0.05) is 12.1 Å². The Labute approximate surface area is 177 Å². The van der Waals surface area contributed by atoms with Crippen LogP contribution in [0.15, 0.2) is 45.7 Å². The van der Waals surface area contributed by atoms with Gasteiger partial charge in [-0.15, -0.1) is 0 Å². The van der Waals surface area contributed by atoms with E-state index in [1.165, 1.54) is 11.8 Å². The highest BCUT2D eigenvalue weighted by molar-refractivity contribution is 8.26. The second kappa shape index (κ2) is 8.04. The standard InChI is InChI=1S/C21H19NO5S2/c23-16-7-2-1-6-15(16)17-9-8-14(27-17)11-18-19(24)22(21(28)29-18)13-5-3-4-12(10-13)20(25)26/h1-2,6-9,11-13,23H,3-5,10H2,(H,25,26)/b18-11+. The number of rotatable bonds is 4. The van der Waals surface area contributed by atoms with Gasteiger partial charge in [-0.05, 0) is 43.5 Å². The van der Waals surface area contributed by atoms with Crippen molar-refractivity contribution in [3.63, 3.8) is 0 Å². The summed E-state index contributed by atoms with van der Waals surface area (Å²) in [7, 11) is 0. The van der Waals surface area contributed by atoms with Crippen LogP contribution in [0.3, 0.4) is 0 Å². The number of carboxylic acid groups (broad SMARTS) is 1. The minimum atomic E-state index is -0.817. The Bertz CT molecular complexity index is 1010. The molecule has 1 aromatic carbocycles. The van der Waals surface area contributed by atoms with E-state index >= 15 is 0 Å². The van der Waals surface area contributed by atoms with Gasteiger partial charge in [-0.25, -0.2) is 0 Å². The summed E-state index contributed by atoms with van der Waals surface area (Å²) in [5, 5.41) is 19.3. The molecule has 1 aliphatic heterocycles. The third kappa shape index (κ3) is 3.95. The number of carbonyl (C=O) groups excluding carboxylic acids is 1. The van der Waals surface area contributed by atoms with Gasteiger partial charge in [-0.1, -0.05) is 42.5 Å². The molecule has 2 fully saturated rings. The van der Waals surface area contributed by atoms with Gasteiger partial charge in [0.1, 0.15) is 21.6 Å². The normalized spacial score (nSPS) is 23.7. The smallest absolute Gasteiger partial charge is 0.306 e. The summed E-state index contributed by atoms with van der Waals surface area (Å²) >= 11 is 6.61. The number of amides is 1.